The summed E-state index contributed by atoms with van der Waals surface area (Å²) in [5.41, 5.74) is 18.9. The van der Waals surface area contributed by atoms with E-state index in [2.05, 4.69) is 252 Å². The molecule has 0 N–H and O–H groups in total. The molecule has 10 aromatic carbocycles. The van der Waals surface area contributed by atoms with Gasteiger partial charge in [-0.1, -0.05) is 176 Å². The molecule has 2 nitrogen and oxygen atoms in total. The van der Waals surface area contributed by atoms with Crippen LogP contribution in [0.3, 0.4) is 0 Å². The molecular weight excluding hydrogens is 737 g/mol. The van der Waals surface area contributed by atoms with Crippen LogP contribution in [0.5, 0.6) is 0 Å². The van der Waals surface area contributed by atoms with Gasteiger partial charge in [-0.25, -0.2) is 0 Å². The summed E-state index contributed by atoms with van der Waals surface area (Å²) in [6.45, 7) is 0. The Kier molecular flexibility index (Phi) is 8.11. The van der Waals surface area contributed by atoms with Gasteiger partial charge in [0.15, 0.2) is 0 Å². The normalized spacial score (nSPS) is 14.3. The Morgan fingerprint density at radius 2 is 0.705 bits per heavy atom. The van der Waals surface area contributed by atoms with E-state index in [9.17, 15) is 0 Å². The number of benzene rings is 10. The van der Waals surface area contributed by atoms with Crippen LogP contribution in [0.4, 0.5) is 34.1 Å². The molecule has 2 heteroatoms. The molecule has 0 aromatic heterocycles. The quantitative estimate of drug-likeness (QED) is 0.159. The van der Waals surface area contributed by atoms with Crippen LogP contribution >= 0.6 is 0 Å². The minimum atomic E-state index is -0.559. The third kappa shape index (κ3) is 5.36. The second-order valence-corrected chi connectivity index (χ2v) is 16.0. The molecule has 1 unspecified atom stereocenters. The SMILES string of the molecule is c1ccc(-c2c(N(c3ccccc3)c3ccc4c(c3)C3(c5ccccc5-c5ccc(N(c6ccccc6)c6ccccc6)cc53)c3ccccc3-4)ccc3ccccc23)cc1. The zero-order valence-electron chi connectivity index (χ0n) is 33.5. The maximum absolute atomic E-state index is 2.50. The van der Waals surface area contributed by atoms with E-state index in [-0.39, 0.29) is 0 Å². The molecule has 1 atom stereocenters. The van der Waals surface area contributed by atoms with Crippen LogP contribution in [0.25, 0.3) is 44.2 Å². The number of rotatable bonds is 7. The summed E-state index contributed by atoms with van der Waals surface area (Å²) >= 11 is 0. The predicted octanol–water partition coefficient (Wildman–Crippen LogP) is 15.8. The lowest BCUT2D eigenvalue weighted by Gasteiger charge is -2.34. The van der Waals surface area contributed by atoms with Crippen molar-refractivity contribution in [2.24, 2.45) is 0 Å². The first-order valence-electron chi connectivity index (χ1n) is 21.1. The maximum atomic E-state index is 2.50. The molecule has 0 amide bonds. The average molecular weight is 777 g/mol. The van der Waals surface area contributed by atoms with E-state index in [0.717, 1.165) is 34.1 Å². The first-order valence-corrected chi connectivity index (χ1v) is 21.1. The summed E-state index contributed by atoms with van der Waals surface area (Å²) in [7, 11) is 0. The fraction of sp³-hybridized carbons (Fsp3) is 0.0169. The summed E-state index contributed by atoms with van der Waals surface area (Å²) < 4.78 is 0. The summed E-state index contributed by atoms with van der Waals surface area (Å²) in [4.78, 5) is 4.85. The van der Waals surface area contributed by atoms with Crippen LogP contribution in [0.15, 0.2) is 243 Å². The third-order valence-electron chi connectivity index (χ3n) is 12.8. The molecule has 0 bridgehead atoms. The van der Waals surface area contributed by atoms with Gasteiger partial charge < -0.3 is 9.80 Å². The largest absolute Gasteiger partial charge is 0.310 e. The van der Waals surface area contributed by atoms with Gasteiger partial charge in [-0.2, -0.15) is 0 Å². The number of hydrogen-bond acceptors (Lipinski definition) is 2. The molecule has 0 heterocycles. The lowest BCUT2D eigenvalue weighted by atomic mass is 9.70. The van der Waals surface area contributed by atoms with Crippen LogP contribution in [-0.4, -0.2) is 0 Å². The Morgan fingerprint density at radius 3 is 1.26 bits per heavy atom. The number of nitrogens with zero attached hydrogens (tertiary/aromatic N) is 2. The van der Waals surface area contributed by atoms with Crippen molar-refractivity contribution in [2.45, 2.75) is 5.41 Å². The maximum Gasteiger partial charge on any atom is 0.0727 e. The van der Waals surface area contributed by atoms with Crippen molar-refractivity contribution >= 4 is 44.9 Å². The van der Waals surface area contributed by atoms with Crippen molar-refractivity contribution in [3.05, 3.63) is 265 Å². The minimum absolute atomic E-state index is 0.559. The van der Waals surface area contributed by atoms with Crippen LogP contribution in [-0.2, 0) is 5.41 Å². The number of fused-ring (bicyclic) bond motifs is 11. The molecule has 0 saturated carbocycles. The highest BCUT2D eigenvalue weighted by atomic mass is 15.1. The number of para-hydroxylation sites is 3. The van der Waals surface area contributed by atoms with Gasteiger partial charge in [0.25, 0.3) is 0 Å². The van der Waals surface area contributed by atoms with Gasteiger partial charge in [0, 0.05) is 34.0 Å². The summed E-state index contributed by atoms with van der Waals surface area (Å²) in [6, 6.07) is 89.1. The highest BCUT2D eigenvalue weighted by molar-refractivity contribution is 6.06. The van der Waals surface area contributed by atoms with Gasteiger partial charge in [-0.05, 0) is 128 Å². The highest BCUT2D eigenvalue weighted by Crippen LogP contribution is 2.64. The fourth-order valence-corrected chi connectivity index (χ4v) is 10.4. The lowest BCUT2D eigenvalue weighted by Crippen LogP contribution is -2.26. The summed E-state index contributed by atoms with van der Waals surface area (Å²) in [5, 5.41) is 2.45. The lowest BCUT2D eigenvalue weighted by molar-refractivity contribution is 0.793. The summed E-state index contributed by atoms with van der Waals surface area (Å²) in [6.07, 6.45) is 0. The molecule has 0 radical (unpaired) electrons. The standard InChI is InChI=1S/C59H40N2/c1-5-20-42(21-6-1)58-48-28-14-13-19-41(48)33-38-57(58)61(45-26-11-4-12-27-45)47-35-37-52-50-30-16-18-32-54(50)59(56(52)40-47)53-31-17-15-29-49(53)51-36-34-46(39-55(51)59)60(43-22-7-2-8-23-43)44-24-9-3-10-25-44/h1-40H. The zero-order valence-corrected chi connectivity index (χ0v) is 33.5. The first-order chi connectivity index (χ1) is 30.3. The van der Waals surface area contributed by atoms with E-state index >= 15 is 0 Å². The van der Waals surface area contributed by atoms with Crippen LogP contribution in [0.2, 0.25) is 0 Å². The monoisotopic (exact) mass is 776 g/mol. The summed E-state index contributed by atoms with van der Waals surface area (Å²) in [5.74, 6) is 0. The molecule has 0 saturated heterocycles. The van der Waals surface area contributed by atoms with Crippen LogP contribution < -0.4 is 9.80 Å². The number of anilines is 6. The Balaban J connectivity index is 1.14. The third-order valence-corrected chi connectivity index (χ3v) is 12.8. The molecule has 2 aliphatic carbocycles. The van der Waals surface area contributed by atoms with Crippen molar-refractivity contribution in [1.82, 2.24) is 0 Å². The van der Waals surface area contributed by atoms with Crippen molar-refractivity contribution in [2.75, 3.05) is 9.80 Å². The van der Waals surface area contributed by atoms with E-state index in [1.807, 2.05) is 0 Å². The fourth-order valence-electron chi connectivity index (χ4n) is 10.4. The van der Waals surface area contributed by atoms with Gasteiger partial charge in [-0.3, -0.25) is 0 Å². The van der Waals surface area contributed by atoms with Crippen molar-refractivity contribution in [1.29, 1.82) is 0 Å². The second-order valence-electron chi connectivity index (χ2n) is 16.0. The second kappa shape index (κ2) is 14.1. The Bertz CT molecular complexity index is 3200. The molecule has 0 aliphatic heterocycles. The molecule has 10 aromatic rings. The van der Waals surface area contributed by atoms with E-state index in [1.54, 1.807) is 0 Å². The van der Waals surface area contributed by atoms with Crippen molar-refractivity contribution < 1.29 is 0 Å². The Hall–Kier alpha value is -7.94. The average Bonchev–Trinajstić information content (AvgIpc) is 3.80. The molecule has 61 heavy (non-hydrogen) atoms. The molecular formula is C59H40N2. The first kappa shape index (κ1) is 35.0. The van der Waals surface area contributed by atoms with Crippen molar-refractivity contribution in [3.8, 4) is 33.4 Å². The molecule has 1 spiro atoms. The van der Waals surface area contributed by atoms with Gasteiger partial charge in [-0.15, -0.1) is 0 Å². The van der Waals surface area contributed by atoms with Crippen LogP contribution in [0, 0.1) is 0 Å². The van der Waals surface area contributed by atoms with Gasteiger partial charge in [0.2, 0.25) is 0 Å². The smallest absolute Gasteiger partial charge is 0.0727 e. The van der Waals surface area contributed by atoms with E-state index < -0.39 is 5.41 Å². The molecule has 0 fully saturated rings. The van der Waals surface area contributed by atoms with Gasteiger partial charge in [0.05, 0.1) is 11.1 Å². The Morgan fingerprint density at radius 1 is 0.279 bits per heavy atom. The molecule has 286 valence electrons. The molecule has 2 aliphatic rings. The highest BCUT2D eigenvalue weighted by Gasteiger charge is 2.52. The van der Waals surface area contributed by atoms with E-state index in [0.29, 0.717) is 0 Å². The van der Waals surface area contributed by atoms with Gasteiger partial charge in [0.1, 0.15) is 0 Å². The van der Waals surface area contributed by atoms with E-state index in [1.165, 1.54) is 66.4 Å². The van der Waals surface area contributed by atoms with Crippen LogP contribution in [0.1, 0.15) is 22.3 Å². The minimum Gasteiger partial charge on any atom is -0.310 e. The van der Waals surface area contributed by atoms with Gasteiger partial charge >= 0.3 is 0 Å². The Labute approximate surface area is 356 Å². The van der Waals surface area contributed by atoms with Crippen molar-refractivity contribution in [3.63, 3.8) is 0 Å². The zero-order chi connectivity index (χ0) is 40.3. The molecule has 12 rings (SSSR count). The number of hydrogen-bond donors (Lipinski definition) is 0. The topological polar surface area (TPSA) is 6.48 Å². The predicted molar refractivity (Wildman–Crippen MR) is 255 cm³/mol. The van der Waals surface area contributed by atoms with E-state index in [4.69, 9.17) is 0 Å².